The second-order valence-electron chi connectivity index (χ2n) is 6.25. The van der Waals surface area contributed by atoms with Crippen molar-refractivity contribution < 1.29 is 14.3 Å². The number of nitrogens with two attached hydrogens (primary N) is 1. The number of benzene rings is 2. The Kier molecular flexibility index (Phi) is 5.89. The number of amides is 2. The van der Waals surface area contributed by atoms with Crippen molar-refractivity contribution in [3.05, 3.63) is 58.1 Å². The molecule has 0 spiro atoms. The summed E-state index contributed by atoms with van der Waals surface area (Å²) >= 11 is 12.1. The van der Waals surface area contributed by atoms with Crippen LogP contribution in [-0.4, -0.2) is 31.0 Å². The zero-order valence-electron chi connectivity index (χ0n) is 14.6. The predicted molar refractivity (Wildman–Crippen MR) is 105 cm³/mol. The first-order valence-corrected chi connectivity index (χ1v) is 9.16. The van der Waals surface area contributed by atoms with Gasteiger partial charge in [-0.15, -0.1) is 0 Å². The van der Waals surface area contributed by atoms with Gasteiger partial charge in [0.1, 0.15) is 5.75 Å². The van der Waals surface area contributed by atoms with E-state index in [1.807, 2.05) is 13.0 Å². The lowest BCUT2D eigenvalue weighted by atomic mass is 10.1. The summed E-state index contributed by atoms with van der Waals surface area (Å²) in [5, 5.41) is 4.23. The van der Waals surface area contributed by atoms with Crippen LogP contribution in [0.25, 0.3) is 0 Å². The van der Waals surface area contributed by atoms with E-state index in [-0.39, 0.29) is 25.0 Å². The van der Waals surface area contributed by atoms with Crippen molar-refractivity contribution in [1.29, 1.82) is 0 Å². The van der Waals surface area contributed by atoms with Crippen LogP contribution in [0.2, 0.25) is 10.0 Å². The number of primary amides is 1. The van der Waals surface area contributed by atoms with Gasteiger partial charge in [-0.2, -0.15) is 0 Å². The Morgan fingerprint density at radius 2 is 2.04 bits per heavy atom. The van der Waals surface area contributed by atoms with E-state index < -0.39 is 12.0 Å². The molecule has 6 nitrogen and oxygen atoms in total. The fourth-order valence-corrected chi connectivity index (χ4v) is 3.49. The van der Waals surface area contributed by atoms with Gasteiger partial charge < -0.3 is 20.7 Å². The molecular formula is C19H19Cl2N3O3. The number of nitrogens with one attached hydrogen (secondary N) is 1. The second-order valence-corrected chi connectivity index (χ2v) is 7.09. The molecule has 1 aliphatic rings. The van der Waals surface area contributed by atoms with E-state index >= 15 is 0 Å². The lowest BCUT2D eigenvalue weighted by Gasteiger charge is -2.33. The Morgan fingerprint density at radius 1 is 1.30 bits per heavy atom. The number of para-hydroxylation sites is 2. The van der Waals surface area contributed by atoms with Gasteiger partial charge in [-0.1, -0.05) is 41.4 Å². The third kappa shape index (κ3) is 4.35. The van der Waals surface area contributed by atoms with Crippen molar-refractivity contribution in [2.75, 3.05) is 18.0 Å². The van der Waals surface area contributed by atoms with Crippen molar-refractivity contribution in [2.24, 2.45) is 5.73 Å². The number of carbonyl (C=O) groups is 2. The van der Waals surface area contributed by atoms with Crippen LogP contribution in [0.1, 0.15) is 18.5 Å². The first kappa shape index (κ1) is 19.5. The molecule has 0 bridgehead atoms. The molecule has 0 aromatic heterocycles. The molecule has 0 unspecified atom stereocenters. The maximum atomic E-state index is 12.8. The van der Waals surface area contributed by atoms with Crippen LogP contribution < -0.4 is 20.7 Å². The SMILES string of the molecule is C[C@@H](NCC(=O)N1C[C@H](C(N)=O)Oc2ccccc21)c1ccc(Cl)cc1Cl. The number of halogens is 2. The zero-order valence-corrected chi connectivity index (χ0v) is 16.1. The molecule has 2 aromatic rings. The molecule has 27 heavy (non-hydrogen) atoms. The topological polar surface area (TPSA) is 84.7 Å². The highest BCUT2D eigenvalue weighted by Gasteiger charge is 2.32. The van der Waals surface area contributed by atoms with Crippen LogP contribution >= 0.6 is 23.2 Å². The fourth-order valence-electron chi connectivity index (χ4n) is 2.92. The monoisotopic (exact) mass is 407 g/mol. The van der Waals surface area contributed by atoms with Gasteiger partial charge in [-0.25, -0.2) is 0 Å². The van der Waals surface area contributed by atoms with Crippen LogP contribution in [0.3, 0.4) is 0 Å². The number of anilines is 1. The van der Waals surface area contributed by atoms with Crippen molar-refractivity contribution >= 4 is 40.7 Å². The molecule has 1 heterocycles. The average Bonchev–Trinajstić information content (AvgIpc) is 2.64. The standard InChI is InChI=1S/C19H19Cl2N3O3/c1-11(13-7-6-12(20)8-14(13)21)23-9-18(25)24-10-17(19(22)26)27-16-5-3-2-4-15(16)24/h2-8,11,17,23H,9-10H2,1H3,(H2,22,26)/t11-,17-/m1/s1. The van der Waals surface area contributed by atoms with Crippen LogP contribution in [0.5, 0.6) is 5.75 Å². The molecule has 3 rings (SSSR count). The highest BCUT2D eigenvalue weighted by atomic mass is 35.5. The minimum atomic E-state index is -0.882. The second kappa shape index (κ2) is 8.17. The average molecular weight is 408 g/mol. The summed E-state index contributed by atoms with van der Waals surface area (Å²) in [5.41, 5.74) is 6.82. The molecule has 2 aromatic carbocycles. The van der Waals surface area contributed by atoms with E-state index in [0.717, 1.165) is 5.56 Å². The third-order valence-corrected chi connectivity index (χ3v) is 4.94. The number of ether oxygens (including phenoxy) is 1. The van der Waals surface area contributed by atoms with E-state index in [1.165, 1.54) is 4.90 Å². The molecule has 8 heteroatoms. The van der Waals surface area contributed by atoms with Gasteiger partial charge in [0, 0.05) is 16.1 Å². The molecular weight excluding hydrogens is 389 g/mol. The van der Waals surface area contributed by atoms with Crippen LogP contribution in [0, 0.1) is 0 Å². The lowest BCUT2D eigenvalue weighted by molar-refractivity contribution is -0.125. The number of hydrogen-bond donors (Lipinski definition) is 2. The van der Waals surface area contributed by atoms with Gasteiger partial charge in [0.05, 0.1) is 18.8 Å². The Morgan fingerprint density at radius 3 is 2.74 bits per heavy atom. The number of carbonyl (C=O) groups excluding carboxylic acids is 2. The highest BCUT2D eigenvalue weighted by Crippen LogP contribution is 2.33. The molecule has 0 radical (unpaired) electrons. The van der Waals surface area contributed by atoms with Crippen LogP contribution in [0.4, 0.5) is 5.69 Å². The summed E-state index contributed by atoms with van der Waals surface area (Å²) in [6.45, 7) is 2.03. The van der Waals surface area contributed by atoms with E-state index in [9.17, 15) is 9.59 Å². The summed E-state index contributed by atoms with van der Waals surface area (Å²) in [6.07, 6.45) is -0.882. The summed E-state index contributed by atoms with van der Waals surface area (Å²) in [7, 11) is 0. The van der Waals surface area contributed by atoms with Crippen LogP contribution in [-0.2, 0) is 9.59 Å². The Bertz CT molecular complexity index is 875. The molecule has 0 saturated carbocycles. The van der Waals surface area contributed by atoms with E-state index in [2.05, 4.69) is 5.32 Å². The van der Waals surface area contributed by atoms with Gasteiger partial charge in [-0.05, 0) is 36.8 Å². The Labute approximate surface area is 167 Å². The predicted octanol–water partition coefficient (Wildman–Crippen LogP) is 2.92. The largest absolute Gasteiger partial charge is 0.477 e. The minimum absolute atomic E-state index is 0.0555. The fraction of sp³-hybridized carbons (Fsp3) is 0.263. The maximum Gasteiger partial charge on any atom is 0.260 e. The smallest absolute Gasteiger partial charge is 0.260 e. The van der Waals surface area contributed by atoms with Crippen molar-refractivity contribution in [1.82, 2.24) is 5.32 Å². The molecule has 142 valence electrons. The van der Waals surface area contributed by atoms with Crippen molar-refractivity contribution in [3.63, 3.8) is 0 Å². The van der Waals surface area contributed by atoms with E-state index in [4.69, 9.17) is 33.7 Å². The lowest BCUT2D eigenvalue weighted by Crippen LogP contribution is -2.51. The zero-order chi connectivity index (χ0) is 19.6. The number of nitrogens with zero attached hydrogens (tertiary/aromatic N) is 1. The van der Waals surface area contributed by atoms with Gasteiger partial charge in [-0.3, -0.25) is 9.59 Å². The third-order valence-electron chi connectivity index (χ3n) is 4.38. The number of rotatable bonds is 5. The molecule has 2 atom stereocenters. The summed E-state index contributed by atoms with van der Waals surface area (Å²) in [4.78, 5) is 25.9. The Balaban J connectivity index is 1.72. The Hall–Kier alpha value is -2.28. The van der Waals surface area contributed by atoms with Gasteiger partial charge in [0.15, 0.2) is 6.10 Å². The molecule has 0 aliphatic carbocycles. The van der Waals surface area contributed by atoms with E-state index in [1.54, 1.807) is 36.4 Å². The summed E-state index contributed by atoms with van der Waals surface area (Å²) < 4.78 is 5.58. The number of hydrogen-bond acceptors (Lipinski definition) is 4. The van der Waals surface area contributed by atoms with Crippen LogP contribution in [0.15, 0.2) is 42.5 Å². The van der Waals surface area contributed by atoms with Gasteiger partial charge in [0.25, 0.3) is 5.91 Å². The van der Waals surface area contributed by atoms with E-state index in [0.29, 0.717) is 21.5 Å². The molecule has 0 fully saturated rings. The summed E-state index contributed by atoms with van der Waals surface area (Å²) in [5.74, 6) is -0.361. The summed E-state index contributed by atoms with van der Waals surface area (Å²) in [6, 6.07) is 12.1. The van der Waals surface area contributed by atoms with Crippen molar-refractivity contribution in [2.45, 2.75) is 19.1 Å². The first-order valence-electron chi connectivity index (χ1n) is 8.40. The first-order chi connectivity index (χ1) is 12.9. The quantitative estimate of drug-likeness (QED) is 0.797. The van der Waals surface area contributed by atoms with Gasteiger partial charge in [0.2, 0.25) is 5.91 Å². The number of fused-ring (bicyclic) bond motifs is 1. The van der Waals surface area contributed by atoms with Crippen molar-refractivity contribution in [3.8, 4) is 5.75 Å². The highest BCUT2D eigenvalue weighted by molar-refractivity contribution is 6.35. The maximum absolute atomic E-state index is 12.8. The normalized spacial score (nSPS) is 17.0. The molecule has 3 N–H and O–H groups in total. The molecule has 2 amide bonds. The minimum Gasteiger partial charge on any atom is -0.477 e. The molecule has 0 saturated heterocycles. The van der Waals surface area contributed by atoms with Gasteiger partial charge >= 0.3 is 0 Å². The molecule has 1 aliphatic heterocycles.